The molecule has 1 unspecified atom stereocenters. The van der Waals surface area contributed by atoms with E-state index in [1.54, 1.807) is 25.6 Å². The number of methoxy groups -OCH3 is 1. The number of imidazole rings is 1. The van der Waals surface area contributed by atoms with Gasteiger partial charge in [-0.15, -0.1) is 0 Å². The molecule has 36 heavy (non-hydrogen) atoms. The molecule has 5 rings (SSSR count). The van der Waals surface area contributed by atoms with Crippen LogP contribution in [0.5, 0.6) is 5.75 Å². The van der Waals surface area contributed by atoms with Gasteiger partial charge in [0.1, 0.15) is 5.75 Å². The predicted molar refractivity (Wildman–Crippen MR) is 138 cm³/mol. The molecule has 190 valence electrons. The van der Waals surface area contributed by atoms with Gasteiger partial charge < -0.3 is 18.8 Å². The first-order valence-corrected chi connectivity index (χ1v) is 13.7. The molecule has 0 aliphatic carbocycles. The van der Waals surface area contributed by atoms with E-state index in [0.717, 1.165) is 29.7 Å². The normalized spacial score (nSPS) is 18.2. The van der Waals surface area contributed by atoms with Gasteiger partial charge in [0.15, 0.2) is 0 Å². The van der Waals surface area contributed by atoms with E-state index in [1.807, 2.05) is 35.2 Å². The van der Waals surface area contributed by atoms with Crippen LogP contribution in [0.1, 0.15) is 36.5 Å². The van der Waals surface area contributed by atoms with Crippen LogP contribution >= 0.6 is 0 Å². The lowest BCUT2D eigenvalue weighted by Gasteiger charge is -2.39. The summed E-state index contributed by atoms with van der Waals surface area (Å²) in [7, 11) is -0.438. The first kappa shape index (κ1) is 24.5. The molecule has 1 atom stereocenters. The van der Waals surface area contributed by atoms with Crippen molar-refractivity contribution in [2.75, 3.05) is 31.0 Å². The minimum atomic E-state index is -3.86. The van der Waals surface area contributed by atoms with Crippen molar-refractivity contribution in [1.29, 1.82) is 0 Å². The van der Waals surface area contributed by atoms with Gasteiger partial charge >= 0.3 is 0 Å². The molecule has 1 spiro atoms. The van der Waals surface area contributed by atoms with E-state index in [2.05, 4.69) is 17.1 Å². The van der Waals surface area contributed by atoms with Crippen LogP contribution in [0.2, 0.25) is 0 Å². The second-order valence-corrected chi connectivity index (χ2v) is 11.7. The summed E-state index contributed by atoms with van der Waals surface area (Å²) in [6.45, 7) is 3.12. The summed E-state index contributed by atoms with van der Waals surface area (Å²) >= 11 is 0. The van der Waals surface area contributed by atoms with E-state index in [-0.39, 0.29) is 16.3 Å². The van der Waals surface area contributed by atoms with Crippen molar-refractivity contribution in [1.82, 2.24) is 14.5 Å². The van der Waals surface area contributed by atoms with Crippen molar-refractivity contribution in [3.63, 3.8) is 0 Å². The number of nitrogens with zero attached hydrogens (tertiary/aromatic N) is 4. The average Bonchev–Trinajstić information content (AvgIpc) is 3.45. The molecule has 1 aromatic heterocycles. The summed E-state index contributed by atoms with van der Waals surface area (Å²) in [5.41, 5.74) is 3.48. The molecular formula is C27H32N4O4S. The molecule has 2 aliphatic rings. The smallest absolute Gasteiger partial charge is 0.290 e. The highest BCUT2D eigenvalue weighted by atomic mass is 32.3. The number of sulfonamides is 1. The maximum Gasteiger partial charge on any atom is 0.290 e. The molecule has 0 radical (unpaired) electrons. The van der Waals surface area contributed by atoms with E-state index in [0.29, 0.717) is 38.2 Å². The summed E-state index contributed by atoms with van der Waals surface area (Å²) in [4.78, 5) is 18.0. The van der Waals surface area contributed by atoms with Crippen LogP contribution in [0.25, 0.3) is 0 Å². The summed E-state index contributed by atoms with van der Waals surface area (Å²) < 4.78 is 36.6. The highest BCUT2D eigenvalue weighted by Crippen LogP contribution is 2.51. The summed E-state index contributed by atoms with van der Waals surface area (Å²) in [5, 5.41) is 0.0378. The van der Waals surface area contributed by atoms with Crippen LogP contribution < -0.4 is 9.04 Å². The highest BCUT2D eigenvalue weighted by Gasteiger charge is 2.51. The second-order valence-electron chi connectivity index (χ2n) is 9.84. The maximum absolute atomic E-state index is 13.8. The van der Waals surface area contributed by atoms with E-state index in [4.69, 9.17) is 4.74 Å². The topological polar surface area (TPSA) is 90.7 Å². The molecule has 1 fully saturated rings. The molecule has 0 bridgehead atoms. The number of piperidine rings is 1. The Kier molecular flexibility index (Phi) is 6.38. The monoisotopic (exact) mass is 508 g/mol. The SMILES string of the molecule is COc1cc2c(cc1CCc1ccccc1)N([S+](=O)([O-])c1cn(C)cn1)CC21CCN(C(C)=O)CC1. The Hall–Kier alpha value is -3.17. The number of anilines is 1. The number of rotatable bonds is 6. The van der Waals surface area contributed by atoms with Gasteiger partial charge in [-0.3, -0.25) is 4.79 Å². The zero-order valence-electron chi connectivity index (χ0n) is 21.0. The van der Waals surface area contributed by atoms with Crippen LogP contribution in [-0.4, -0.2) is 51.7 Å². The minimum Gasteiger partial charge on any atom is -0.587 e. The maximum atomic E-state index is 13.8. The number of aromatic nitrogens is 2. The van der Waals surface area contributed by atoms with Crippen molar-refractivity contribution >= 4 is 22.0 Å². The zero-order chi connectivity index (χ0) is 25.5. The lowest BCUT2D eigenvalue weighted by atomic mass is 9.74. The van der Waals surface area contributed by atoms with Gasteiger partial charge in [-0.25, -0.2) is 0 Å². The van der Waals surface area contributed by atoms with Gasteiger partial charge in [0.2, 0.25) is 16.3 Å². The minimum absolute atomic E-state index is 0.0378. The van der Waals surface area contributed by atoms with E-state index >= 15 is 0 Å². The fourth-order valence-corrected chi connectivity index (χ4v) is 7.06. The van der Waals surface area contributed by atoms with Gasteiger partial charge in [0.25, 0.3) is 5.03 Å². The van der Waals surface area contributed by atoms with E-state index < -0.39 is 10.4 Å². The van der Waals surface area contributed by atoms with E-state index in [1.165, 1.54) is 22.4 Å². The Balaban J connectivity index is 1.56. The van der Waals surface area contributed by atoms with Gasteiger partial charge in [-0.1, -0.05) is 34.5 Å². The van der Waals surface area contributed by atoms with Crippen LogP contribution in [0.15, 0.2) is 60.0 Å². The summed E-state index contributed by atoms with van der Waals surface area (Å²) in [6.07, 6.45) is 5.98. The number of hydrogen-bond donors (Lipinski definition) is 0. The molecule has 0 saturated carbocycles. The molecule has 3 heterocycles. The Labute approximate surface area is 213 Å². The third-order valence-electron chi connectivity index (χ3n) is 7.61. The Morgan fingerprint density at radius 3 is 2.50 bits per heavy atom. The largest absolute Gasteiger partial charge is 0.587 e. The standard InChI is InChI=1S/C27H32N4O4S/c1-20(32)30-13-11-27(12-14-30)18-31(36(33,34)26-17-29(2)19-28-26)24-15-22(25(35-3)16-23(24)27)10-9-21-7-5-4-6-8-21/h4-8,15-17,19H,9-14,18H2,1-3H3. The number of likely N-dealkylation sites (tertiary alicyclic amines) is 1. The lowest BCUT2D eigenvalue weighted by molar-refractivity contribution is -0.130. The Morgan fingerprint density at radius 2 is 1.89 bits per heavy atom. The predicted octanol–water partition coefficient (Wildman–Crippen LogP) is 3.52. The molecule has 1 saturated heterocycles. The highest BCUT2D eigenvalue weighted by molar-refractivity contribution is 7.98. The van der Waals surface area contributed by atoms with Crippen LogP contribution in [0, 0.1) is 0 Å². The van der Waals surface area contributed by atoms with Crippen molar-refractivity contribution in [2.45, 2.75) is 43.0 Å². The Morgan fingerprint density at radius 1 is 1.17 bits per heavy atom. The molecule has 0 N–H and O–H groups in total. The quantitative estimate of drug-likeness (QED) is 0.475. The molecule has 3 aromatic rings. The zero-order valence-corrected chi connectivity index (χ0v) is 21.8. The third-order valence-corrected chi connectivity index (χ3v) is 9.26. The van der Waals surface area contributed by atoms with Crippen molar-refractivity contribution in [3.8, 4) is 5.75 Å². The van der Waals surface area contributed by atoms with Crippen molar-refractivity contribution in [3.05, 3.63) is 71.7 Å². The summed E-state index contributed by atoms with van der Waals surface area (Å²) in [6, 6.07) is 14.2. The number of hydrogen-bond acceptors (Lipinski definition) is 5. The molecular weight excluding hydrogens is 476 g/mol. The van der Waals surface area contributed by atoms with Crippen LogP contribution in [-0.2, 0) is 44.7 Å². The van der Waals surface area contributed by atoms with E-state index in [9.17, 15) is 13.6 Å². The van der Waals surface area contributed by atoms with Crippen LogP contribution in [0.4, 0.5) is 5.69 Å². The molecule has 9 heteroatoms. The Bertz CT molecular complexity index is 1310. The first-order chi connectivity index (χ1) is 17.2. The van der Waals surface area contributed by atoms with Crippen molar-refractivity contribution < 1.29 is 18.3 Å². The van der Waals surface area contributed by atoms with Gasteiger partial charge in [-0.2, -0.15) is 9.29 Å². The number of benzene rings is 2. The molecule has 1 amide bonds. The van der Waals surface area contributed by atoms with Gasteiger partial charge in [0, 0.05) is 32.5 Å². The lowest BCUT2D eigenvalue weighted by Crippen LogP contribution is -2.48. The summed E-state index contributed by atoms with van der Waals surface area (Å²) in [5.74, 6) is 0.824. The van der Waals surface area contributed by atoms with Gasteiger partial charge in [-0.05, 0) is 54.5 Å². The first-order valence-electron chi connectivity index (χ1n) is 12.2. The third kappa shape index (κ3) is 4.30. The number of aryl methyl sites for hydroxylation is 3. The number of carbonyl (C=O) groups is 1. The van der Waals surface area contributed by atoms with Crippen molar-refractivity contribution in [2.24, 2.45) is 7.05 Å². The fourth-order valence-electron chi connectivity index (χ4n) is 5.52. The fraction of sp³-hybridized carbons (Fsp3) is 0.407. The second kappa shape index (κ2) is 9.37. The number of fused-ring (bicyclic) bond motifs is 2. The average molecular weight is 509 g/mol. The molecule has 2 aromatic carbocycles. The van der Waals surface area contributed by atoms with Crippen LogP contribution in [0.3, 0.4) is 0 Å². The number of ether oxygens (including phenoxy) is 1. The molecule has 8 nitrogen and oxygen atoms in total. The van der Waals surface area contributed by atoms with Gasteiger partial charge in [0.05, 0.1) is 31.9 Å². The molecule has 2 aliphatic heterocycles. The number of amides is 1. The number of carbonyl (C=O) groups excluding carboxylic acids is 1.